The minimum atomic E-state index is -4.42. The van der Waals surface area contributed by atoms with Crippen LogP contribution in [0.2, 0.25) is 0 Å². The first-order valence-corrected chi connectivity index (χ1v) is 7.29. The third-order valence-corrected chi connectivity index (χ3v) is 4.69. The number of aromatic nitrogens is 2. The molecule has 2 saturated heterocycles. The molecule has 0 spiro atoms. The molecule has 21 heavy (non-hydrogen) atoms. The Morgan fingerprint density at radius 3 is 2.57 bits per heavy atom. The van der Waals surface area contributed by atoms with Gasteiger partial charge in [-0.05, 0) is 44.7 Å². The summed E-state index contributed by atoms with van der Waals surface area (Å²) in [7, 11) is 2.17. The first-order chi connectivity index (χ1) is 9.93. The molecular weight excluding hydrogens is 281 g/mol. The van der Waals surface area contributed by atoms with E-state index in [1.54, 1.807) is 0 Å². The smallest absolute Gasteiger partial charge is 0.354 e. The molecule has 0 aromatic carbocycles. The zero-order valence-electron chi connectivity index (χ0n) is 11.9. The van der Waals surface area contributed by atoms with Crippen LogP contribution in [-0.4, -0.2) is 40.5 Å². The second-order valence-corrected chi connectivity index (χ2v) is 6.03. The van der Waals surface area contributed by atoms with Crippen molar-refractivity contribution in [2.45, 2.75) is 43.9 Å². The maximum Gasteiger partial charge on any atom is 0.433 e. The molecule has 7 heteroatoms. The number of anilines is 1. The van der Waals surface area contributed by atoms with Gasteiger partial charge >= 0.3 is 6.18 Å². The van der Waals surface area contributed by atoms with Crippen molar-refractivity contribution in [1.82, 2.24) is 14.9 Å². The Balaban J connectivity index is 1.59. The van der Waals surface area contributed by atoms with E-state index in [0.717, 1.165) is 25.1 Å². The van der Waals surface area contributed by atoms with Crippen LogP contribution in [0.5, 0.6) is 0 Å². The van der Waals surface area contributed by atoms with Crippen LogP contribution in [0.3, 0.4) is 0 Å². The van der Waals surface area contributed by atoms with Crippen LogP contribution < -0.4 is 5.32 Å². The summed E-state index contributed by atoms with van der Waals surface area (Å²) in [5.74, 6) is 0.549. The maximum atomic E-state index is 12.6. The summed E-state index contributed by atoms with van der Waals surface area (Å²) in [4.78, 5) is 9.85. The van der Waals surface area contributed by atoms with Crippen LogP contribution in [0.15, 0.2) is 12.3 Å². The molecule has 3 heterocycles. The SMILES string of the molecule is CN1C2CCC1CC(CNc1nccc(C(F)(F)F)n1)C2. The van der Waals surface area contributed by atoms with Gasteiger partial charge in [-0.25, -0.2) is 9.97 Å². The van der Waals surface area contributed by atoms with Crippen molar-refractivity contribution < 1.29 is 13.2 Å². The summed E-state index contributed by atoms with van der Waals surface area (Å²) in [6, 6.07) is 2.14. The minimum Gasteiger partial charge on any atom is -0.354 e. The largest absolute Gasteiger partial charge is 0.433 e. The minimum absolute atomic E-state index is 0.0658. The van der Waals surface area contributed by atoms with Crippen LogP contribution in [-0.2, 0) is 6.18 Å². The predicted octanol–water partition coefficient (Wildman–Crippen LogP) is 2.78. The summed E-state index contributed by atoms with van der Waals surface area (Å²) >= 11 is 0. The van der Waals surface area contributed by atoms with E-state index in [4.69, 9.17) is 0 Å². The number of nitrogens with one attached hydrogen (secondary N) is 1. The third kappa shape index (κ3) is 3.12. The number of piperidine rings is 1. The van der Waals surface area contributed by atoms with Gasteiger partial charge in [0.15, 0.2) is 0 Å². The molecule has 3 rings (SSSR count). The standard InChI is InChI=1S/C14H19F3N4/c1-21-10-2-3-11(21)7-9(6-10)8-19-13-18-5-4-12(20-13)14(15,16)17/h4-5,9-11H,2-3,6-8H2,1H3,(H,18,19,20). The highest BCUT2D eigenvalue weighted by atomic mass is 19.4. The molecule has 2 bridgehead atoms. The Morgan fingerprint density at radius 1 is 1.29 bits per heavy atom. The quantitative estimate of drug-likeness (QED) is 0.932. The lowest BCUT2D eigenvalue weighted by atomic mass is 9.91. The molecule has 116 valence electrons. The van der Waals surface area contributed by atoms with Crippen molar-refractivity contribution in [3.63, 3.8) is 0 Å². The Kier molecular flexibility index (Phi) is 3.77. The fraction of sp³-hybridized carbons (Fsp3) is 0.714. The van der Waals surface area contributed by atoms with Crippen LogP contribution >= 0.6 is 0 Å². The Bertz CT molecular complexity index is 491. The number of fused-ring (bicyclic) bond motifs is 2. The van der Waals surface area contributed by atoms with Crippen LogP contribution in [0.4, 0.5) is 19.1 Å². The van der Waals surface area contributed by atoms with E-state index >= 15 is 0 Å². The summed E-state index contributed by atoms with van der Waals surface area (Å²) in [5.41, 5.74) is -0.900. The highest BCUT2D eigenvalue weighted by Gasteiger charge is 2.38. The highest BCUT2D eigenvalue weighted by Crippen LogP contribution is 2.37. The molecule has 0 radical (unpaired) electrons. The molecule has 0 aliphatic carbocycles. The van der Waals surface area contributed by atoms with Crippen LogP contribution in [0, 0.1) is 5.92 Å². The second kappa shape index (κ2) is 5.44. The van der Waals surface area contributed by atoms with E-state index in [1.165, 1.54) is 12.8 Å². The lowest BCUT2D eigenvalue weighted by molar-refractivity contribution is -0.141. The lowest BCUT2D eigenvalue weighted by Crippen LogP contribution is -2.41. The van der Waals surface area contributed by atoms with Crippen LogP contribution in [0.1, 0.15) is 31.4 Å². The lowest BCUT2D eigenvalue weighted by Gasteiger charge is -2.36. The van der Waals surface area contributed by atoms with Crippen molar-refractivity contribution in [2.75, 3.05) is 18.9 Å². The second-order valence-electron chi connectivity index (χ2n) is 6.03. The number of nitrogens with zero attached hydrogens (tertiary/aromatic N) is 3. The molecular formula is C14H19F3N4. The first-order valence-electron chi connectivity index (χ1n) is 7.29. The van der Waals surface area contributed by atoms with Gasteiger partial charge in [-0.3, -0.25) is 0 Å². The molecule has 2 aliphatic heterocycles. The zero-order chi connectivity index (χ0) is 15.0. The van der Waals surface area contributed by atoms with Gasteiger partial charge in [-0.15, -0.1) is 0 Å². The average Bonchev–Trinajstić information content (AvgIpc) is 2.66. The van der Waals surface area contributed by atoms with E-state index in [9.17, 15) is 13.2 Å². The molecule has 1 N–H and O–H groups in total. The molecule has 1 aromatic rings. The van der Waals surface area contributed by atoms with Crippen molar-refractivity contribution in [1.29, 1.82) is 0 Å². The number of halogens is 3. The average molecular weight is 300 g/mol. The highest BCUT2D eigenvalue weighted by molar-refractivity contribution is 5.26. The molecule has 2 unspecified atom stereocenters. The van der Waals surface area contributed by atoms with Crippen molar-refractivity contribution >= 4 is 5.95 Å². The molecule has 4 nitrogen and oxygen atoms in total. The van der Waals surface area contributed by atoms with E-state index in [2.05, 4.69) is 27.2 Å². The van der Waals surface area contributed by atoms with Gasteiger partial charge in [0.25, 0.3) is 0 Å². The number of alkyl halides is 3. The Morgan fingerprint density at radius 2 is 1.95 bits per heavy atom. The maximum absolute atomic E-state index is 12.6. The Labute approximate surface area is 121 Å². The van der Waals surface area contributed by atoms with E-state index in [0.29, 0.717) is 24.5 Å². The van der Waals surface area contributed by atoms with Gasteiger partial charge in [0.1, 0.15) is 5.69 Å². The molecule has 0 saturated carbocycles. The summed E-state index contributed by atoms with van der Waals surface area (Å²) < 4.78 is 37.8. The Hall–Kier alpha value is -1.37. The van der Waals surface area contributed by atoms with Gasteiger partial charge in [0.05, 0.1) is 0 Å². The summed E-state index contributed by atoms with van der Waals surface area (Å²) in [6.45, 7) is 0.641. The number of hydrogen-bond acceptors (Lipinski definition) is 4. The molecule has 2 atom stereocenters. The van der Waals surface area contributed by atoms with Crippen LogP contribution in [0.25, 0.3) is 0 Å². The van der Waals surface area contributed by atoms with Crippen molar-refractivity contribution in [3.05, 3.63) is 18.0 Å². The number of hydrogen-bond donors (Lipinski definition) is 1. The zero-order valence-corrected chi connectivity index (χ0v) is 11.9. The topological polar surface area (TPSA) is 41.0 Å². The summed E-state index contributed by atoms with van der Waals surface area (Å²) in [5, 5.41) is 2.97. The molecule has 1 aromatic heterocycles. The molecule has 0 amide bonds. The van der Waals surface area contributed by atoms with Gasteiger partial charge in [-0.1, -0.05) is 0 Å². The monoisotopic (exact) mass is 300 g/mol. The van der Waals surface area contributed by atoms with Crippen molar-refractivity contribution in [2.24, 2.45) is 5.92 Å². The van der Waals surface area contributed by atoms with E-state index < -0.39 is 11.9 Å². The predicted molar refractivity (Wildman–Crippen MR) is 72.8 cm³/mol. The van der Waals surface area contributed by atoms with Crippen molar-refractivity contribution in [3.8, 4) is 0 Å². The normalized spacial score (nSPS) is 29.6. The fourth-order valence-electron chi connectivity index (χ4n) is 3.53. The summed E-state index contributed by atoms with van der Waals surface area (Å²) in [6.07, 6.45) is 1.38. The van der Waals surface area contributed by atoms with Gasteiger partial charge in [0, 0.05) is 24.8 Å². The molecule has 2 aliphatic rings. The third-order valence-electron chi connectivity index (χ3n) is 4.69. The van der Waals surface area contributed by atoms with E-state index in [-0.39, 0.29) is 5.95 Å². The molecule has 2 fully saturated rings. The fourth-order valence-corrected chi connectivity index (χ4v) is 3.53. The van der Waals surface area contributed by atoms with Gasteiger partial charge < -0.3 is 10.2 Å². The van der Waals surface area contributed by atoms with Gasteiger partial charge in [-0.2, -0.15) is 13.2 Å². The van der Waals surface area contributed by atoms with Gasteiger partial charge in [0.2, 0.25) is 5.95 Å². The number of rotatable bonds is 3. The first kappa shape index (κ1) is 14.6. The van der Waals surface area contributed by atoms with E-state index in [1.807, 2.05) is 0 Å².